The summed E-state index contributed by atoms with van der Waals surface area (Å²) in [5, 5.41) is 8.33. The van der Waals surface area contributed by atoms with E-state index in [4.69, 9.17) is 5.11 Å². The van der Waals surface area contributed by atoms with Crippen LogP contribution in [-0.4, -0.2) is 28.7 Å². The second-order valence-electron chi connectivity index (χ2n) is 1.17. The predicted molar refractivity (Wildman–Crippen MR) is 36.9 cm³/mol. The molecule has 0 aromatic rings. The van der Waals surface area contributed by atoms with Crippen LogP contribution in [0.25, 0.3) is 0 Å². The van der Waals surface area contributed by atoms with Crippen molar-refractivity contribution in [3.05, 3.63) is 0 Å². The minimum absolute atomic E-state index is 0.159. The van der Waals surface area contributed by atoms with Gasteiger partial charge in [-0.05, 0) is 0 Å². The lowest BCUT2D eigenvalue weighted by Crippen LogP contribution is -2.18. The van der Waals surface area contributed by atoms with Crippen LogP contribution in [0.5, 0.6) is 0 Å². The van der Waals surface area contributed by atoms with Crippen molar-refractivity contribution in [2.24, 2.45) is 0 Å². The van der Waals surface area contributed by atoms with Crippen molar-refractivity contribution in [1.82, 2.24) is 0 Å². The van der Waals surface area contributed by atoms with Crippen LogP contribution >= 0.6 is 22.6 Å². The average Bonchev–Trinajstić information content (AvgIpc) is 1.84. The lowest BCUT2D eigenvalue weighted by molar-refractivity contribution is -0.140. The molecule has 0 saturated heterocycles. The lowest BCUT2D eigenvalue weighted by atomic mass is 10.5. The molecular weight excluding hydrogens is 223 g/mol. The minimum atomic E-state index is -0.419. The van der Waals surface area contributed by atoms with E-state index >= 15 is 0 Å². The molecule has 1 N–H and O–H groups in total. The lowest BCUT2D eigenvalue weighted by Gasteiger charge is -2.00. The van der Waals surface area contributed by atoms with Crippen molar-refractivity contribution >= 4 is 28.6 Å². The summed E-state index contributed by atoms with van der Waals surface area (Å²) in [5.74, 6) is -0.381. The molecule has 3 nitrogen and oxygen atoms in total. The van der Waals surface area contributed by atoms with E-state index in [1.54, 1.807) is 22.6 Å². The maximum Gasteiger partial charge on any atom is 0.320 e. The molecule has 0 spiro atoms. The van der Waals surface area contributed by atoms with Gasteiger partial charge in [0, 0.05) is 0 Å². The topological polar surface area (TPSA) is 46.5 Å². The van der Waals surface area contributed by atoms with Crippen molar-refractivity contribution in [3.63, 3.8) is 0 Å². The standard InChI is InChI=1S/C4H7IO3/c1-8-4(7)3(5)2-6/h3,6H,2H2,1H3. The Hall–Kier alpha value is 0.160. The molecule has 48 valence electrons. The van der Waals surface area contributed by atoms with Gasteiger partial charge in [-0.1, -0.05) is 22.6 Å². The van der Waals surface area contributed by atoms with Crippen LogP contribution < -0.4 is 0 Å². The first-order valence-corrected chi connectivity index (χ1v) is 3.29. The molecule has 0 heterocycles. The summed E-state index contributed by atoms with van der Waals surface area (Å²) in [7, 11) is 1.30. The van der Waals surface area contributed by atoms with Crippen molar-refractivity contribution in [2.75, 3.05) is 13.7 Å². The molecule has 0 aromatic carbocycles. The number of esters is 1. The quantitative estimate of drug-likeness (QED) is 0.411. The molecule has 0 aliphatic heterocycles. The summed E-state index contributed by atoms with van der Waals surface area (Å²) in [6.45, 7) is -0.159. The number of aliphatic hydroxyl groups is 1. The Morgan fingerprint density at radius 3 is 2.62 bits per heavy atom. The Balaban J connectivity index is 3.46. The van der Waals surface area contributed by atoms with E-state index in [9.17, 15) is 4.79 Å². The fourth-order valence-corrected chi connectivity index (χ4v) is 0.457. The van der Waals surface area contributed by atoms with Crippen LogP contribution in [-0.2, 0) is 9.53 Å². The van der Waals surface area contributed by atoms with Gasteiger partial charge in [-0.2, -0.15) is 0 Å². The van der Waals surface area contributed by atoms with E-state index in [0.29, 0.717) is 0 Å². The zero-order chi connectivity index (χ0) is 6.57. The minimum Gasteiger partial charge on any atom is -0.468 e. The Bertz CT molecular complexity index is 83.4. The Labute approximate surface area is 61.2 Å². The third kappa shape index (κ3) is 2.46. The average molecular weight is 230 g/mol. The van der Waals surface area contributed by atoms with Gasteiger partial charge in [0.2, 0.25) is 0 Å². The number of rotatable bonds is 2. The number of methoxy groups -OCH3 is 1. The highest BCUT2D eigenvalue weighted by molar-refractivity contribution is 14.1. The number of aliphatic hydroxyl groups excluding tert-OH is 1. The second-order valence-corrected chi connectivity index (χ2v) is 2.68. The third-order valence-corrected chi connectivity index (χ3v) is 1.52. The van der Waals surface area contributed by atoms with Crippen molar-refractivity contribution in [3.8, 4) is 0 Å². The molecule has 0 aromatic heterocycles. The summed E-state index contributed by atoms with van der Waals surface area (Å²) in [5.41, 5.74) is 0. The fourth-order valence-electron chi connectivity index (χ4n) is 0.202. The normalized spacial score (nSPS) is 12.9. The van der Waals surface area contributed by atoms with Crippen LogP contribution in [0.1, 0.15) is 0 Å². The Morgan fingerprint density at radius 2 is 2.50 bits per heavy atom. The zero-order valence-corrected chi connectivity index (χ0v) is 6.58. The summed E-state index contributed by atoms with van der Waals surface area (Å²) in [6.07, 6.45) is 0. The van der Waals surface area contributed by atoms with E-state index in [1.807, 2.05) is 0 Å². The van der Waals surface area contributed by atoms with Gasteiger partial charge in [-0.25, -0.2) is 0 Å². The molecule has 1 unspecified atom stereocenters. The SMILES string of the molecule is COC(=O)C(I)CO. The van der Waals surface area contributed by atoms with Crippen molar-refractivity contribution in [2.45, 2.75) is 3.92 Å². The summed E-state index contributed by atoms with van der Waals surface area (Å²) < 4.78 is 3.88. The summed E-state index contributed by atoms with van der Waals surface area (Å²) in [6, 6.07) is 0. The molecule has 0 fully saturated rings. The number of carbonyl (C=O) groups excluding carboxylic acids is 1. The maximum absolute atomic E-state index is 10.4. The molecule has 8 heavy (non-hydrogen) atoms. The number of ether oxygens (including phenoxy) is 1. The molecular formula is C4H7IO3. The van der Waals surface area contributed by atoms with E-state index in [-0.39, 0.29) is 12.6 Å². The van der Waals surface area contributed by atoms with Crippen molar-refractivity contribution < 1.29 is 14.6 Å². The monoisotopic (exact) mass is 230 g/mol. The van der Waals surface area contributed by atoms with Crippen LogP contribution in [0.15, 0.2) is 0 Å². The van der Waals surface area contributed by atoms with Crippen LogP contribution in [0.3, 0.4) is 0 Å². The van der Waals surface area contributed by atoms with E-state index < -0.39 is 3.92 Å². The first-order chi connectivity index (χ1) is 3.72. The highest BCUT2D eigenvalue weighted by atomic mass is 127. The first kappa shape index (κ1) is 8.16. The molecule has 0 rings (SSSR count). The fraction of sp³-hybridized carbons (Fsp3) is 0.750. The molecule has 1 atom stereocenters. The zero-order valence-electron chi connectivity index (χ0n) is 4.43. The number of hydrogen-bond acceptors (Lipinski definition) is 3. The number of carbonyl (C=O) groups is 1. The first-order valence-electron chi connectivity index (χ1n) is 2.05. The van der Waals surface area contributed by atoms with Gasteiger partial charge < -0.3 is 9.84 Å². The highest BCUT2D eigenvalue weighted by Crippen LogP contribution is 1.99. The molecule has 0 radical (unpaired) electrons. The van der Waals surface area contributed by atoms with Gasteiger partial charge in [0.15, 0.2) is 0 Å². The van der Waals surface area contributed by atoms with Crippen LogP contribution in [0, 0.1) is 0 Å². The Kier molecular flexibility index (Phi) is 4.16. The van der Waals surface area contributed by atoms with Gasteiger partial charge in [-0.3, -0.25) is 4.79 Å². The summed E-state index contributed by atoms with van der Waals surface area (Å²) >= 11 is 1.81. The van der Waals surface area contributed by atoms with Gasteiger partial charge in [-0.15, -0.1) is 0 Å². The van der Waals surface area contributed by atoms with E-state index in [1.165, 1.54) is 7.11 Å². The van der Waals surface area contributed by atoms with Gasteiger partial charge >= 0.3 is 5.97 Å². The van der Waals surface area contributed by atoms with Crippen molar-refractivity contribution in [1.29, 1.82) is 0 Å². The predicted octanol–water partition coefficient (Wildman–Crippen LogP) is -0.0447. The van der Waals surface area contributed by atoms with Gasteiger partial charge in [0.25, 0.3) is 0 Å². The third-order valence-electron chi connectivity index (χ3n) is 0.617. The summed E-state index contributed by atoms with van der Waals surface area (Å²) in [4.78, 5) is 10.4. The number of alkyl halides is 1. The maximum atomic E-state index is 10.4. The highest BCUT2D eigenvalue weighted by Gasteiger charge is 2.11. The molecule has 0 saturated carbocycles. The Morgan fingerprint density at radius 1 is 2.00 bits per heavy atom. The smallest absolute Gasteiger partial charge is 0.320 e. The van der Waals surface area contributed by atoms with E-state index in [0.717, 1.165) is 0 Å². The second kappa shape index (κ2) is 4.08. The van der Waals surface area contributed by atoms with E-state index in [2.05, 4.69) is 4.74 Å². The molecule has 0 bridgehead atoms. The number of hydrogen-bond donors (Lipinski definition) is 1. The molecule has 0 amide bonds. The van der Waals surface area contributed by atoms with Gasteiger partial charge in [0.05, 0.1) is 13.7 Å². The largest absolute Gasteiger partial charge is 0.468 e. The molecule has 0 aliphatic carbocycles. The van der Waals surface area contributed by atoms with Crippen LogP contribution in [0.2, 0.25) is 0 Å². The van der Waals surface area contributed by atoms with Crippen LogP contribution in [0.4, 0.5) is 0 Å². The van der Waals surface area contributed by atoms with Gasteiger partial charge in [0.1, 0.15) is 3.92 Å². The molecule has 0 aliphatic rings. The number of halogens is 1. The molecule has 4 heteroatoms.